The summed E-state index contributed by atoms with van der Waals surface area (Å²) >= 11 is 0. The summed E-state index contributed by atoms with van der Waals surface area (Å²) < 4.78 is 5.54. The molecule has 1 unspecified atom stereocenters. The third-order valence-electron chi connectivity index (χ3n) is 4.38. The maximum atomic E-state index is 8.98. The van der Waals surface area contributed by atoms with Gasteiger partial charge in [-0.25, -0.2) is 0 Å². The van der Waals surface area contributed by atoms with Gasteiger partial charge in [-0.3, -0.25) is 0 Å². The molecular weight excluding hydrogens is 238 g/mol. The molecule has 1 N–H and O–H groups in total. The van der Waals surface area contributed by atoms with Gasteiger partial charge in [0, 0.05) is 26.1 Å². The van der Waals surface area contributed by atoms with Gasteiger partial charge in [0.1, 0.15) is 5.75 Å². The van der Waals surface area contributed by atoms with Crippen LogP contribution < -0.4 is 4.74 Å². The molecule has 1 saturated heterocycles. The Morgan fingerprint density at radius 1 is 1.37 bits per heavy atom. The van der Waals surface area contributed by atoms with Crippen LogP contribution in [0.4, 0.5) is 0 Å². The van der Waals surface area contributed by atoms with Crippen molar-refractivity contribution in [1.82, 2.24) is 4.90 Å². The van der Waals surface area contributed by atoms with Crippen molar-refractivity contribution >= 4 is 0 Å². The molecule has 1 aromatic rings. The molecule has 19 heavy (non-hydrogen) atoms. The lowest BCUT2D eigenvalue weighted by Gasteiger charge is -2.16. The minimum Gasteiger partial charge on any atom is -0.493 e. The molecule has 2 aliphatic rings. The first-order valence-electron chi connectivity index (χ1n) is 7.43. The van der Waals surface area contributed by atoms with Gasteiger partial charge in [0.2, 0.25) is 0 Å². The van der Waals surface area contributed by atoms with Crippen LogP contribution in [0, 0.1) is 5.92 Å². The lowest BCUT2D eigenvalue weighted by molar-refractivity contribution is 0.251. The second-order valence-corrected chi connectivity index (χ2v) is 5.76. The first kappa shape index (κ1) is 12.9. The van der Waals surface area contributed by atoms with Gasteiger partial charge in [0.05, 0.1) is 6.61 Å². The molecule has 0 radical (unpaired) electrons. The van der Waals surface area contributed by atoms with Crippen LogP contribution in [-0.4, -0.2) is 42.9 Å². The Morgan fingerprint density at radius 3 is 3.21 bits per heavy atom. The fraction of sp³-hybridized carbons (Fsp3) is 0.625. The number of ether oxygens (including phenoxy) is 1. The SMILES string of the molecule is OCCC1CCN(CCc2ccc3c(c2)CCO3)C1. The van der Waals surface area contributed by atoms with Crippen molar-refractivity contribution in [3.8, 4) is 5.75 Å². The minimum atomic E-state index is 0.337. The average molecular weight is 261 g/mol. The molecule has 0 aliphatic carbocycles. The predicted octanol–water partition coefficient (Wildman–Crippen LogP) is 1.87. The smallest absolute Gasteiger partial charge is 0.122 e. The van der Waals surface area contributed by atoms with E-state index < -0.39 is 0 Å². The zero-order valence-electron chi connectivity index (χ0n) is 11.5. The van der Waals surface area contributed by atoms with Gasteiger partial charge in [-0.2, -0.15) is 0 Å². The summed E-state index contributed by atoms with van der Waals surface area (Å²) in [5, 5.41) is 8.98. The Kier molecular flexibility index (Phi) is 4.04. The number of likely N-dealkylation sites (tertiary alicyclic amines) is 1. The predicted molar refractivity (Wildman–Crippen MR) is 75.6 cm³/mol. The second kappa shape index (κ2) is 5.93. The van der Waals surface area contributed by atoms with E-state index in [0.717, 1.165) is 44.7 Å². The molecule has 104 valence electrons. The monoisotopic (exact) mass is 261 g/mol. The van der Waals surface area contributed by atoms with Gasteiger partial charge in [-0.1, -0.05) is 12.1 Å². The van der Waals surface area contributed by atoms with Crippen molar-refractivity contribution in [2.45, 2.75) is 25.7 Å². The number of aliphatic hydroxyl groups excluding tert-OH is 1. The largest absolute Gasteiger partial charge is 0.493 e. The Balaban J connectivity index is 1.50. The number of aliphatic hydroxyl groups is 1. The van der Waals surface area contributed by atoms with Crippen LogP contribution in [0.3, 0.4) is 0 Å². The van der Waals surface area contributed by atoms with E-state index in [-0.39, 0.29) is 0 Å². The van der Waals surface area contributed by atoms with E-state index in [2.05, 4.69) is 23.1 Å². The van der Waals surface area contributed by atoms with Crippen LogP contribution in [0.15, 0.2) is 18.2 Å². The molecule has 0 spiro atoms. The molecule has 1 fully saturated rings. The van der Waals surface area contributed by atoms with E-state index in [1.54, 1.807) is 0 Å². The molecule has 3 nitrogen and oxygen atoms in total. The van der Waals surface area contributed by atoms with Crippen molar-refractivity contribution < 1.29 is 9.84 Å². The van der Waals surface area contributed by atoms with E-state index in [9.17, 15) is 0 Å². The molecular formula is C16H23NO2. The normalized spacial score (nSPS) is 22.5. The fourth-order valence-electron chi connectivity index (χ4n) is 3.22. The number of fused-ring (bicyclic) bond motifs is 1. The van der Waals surface area contributed by atoms with Gasteiger partial charge < -0.3 is 14.7 Å². The van der Waals surface area contributed by atoms with Crippen LogP contribution in [0.2, 0.25) is 0 Å². The van der Waals surface area contributed by atoms with Gasteiger partial charge in [-0.05, 0) is 48.9 Å². The molecule has 0 bridgehead atoms. The molecule has 1 aromatic carbocycles. The van der Waals surface area contributed by atoms with Crippen molar-refractivity contribution in [3.05, 3.63) is 29.3 Å². The van der Waals surface area contributed by atoms with Gasteiger partial charge in [0.25, 0.3) is 0 Å². The quantitative estimate of drug-likeness (QED) is 0.878. The minimum absolute atomic E-state index is 0.337. The summed E-state index contributed by atoms with van der Waals surface area (Å²) in [5.74, 6) is 1.78. The van der Waals surface area contributed by atoms with E-state index >= 15 is 0 Å². The summed E-state index contributed by atoms with van der Waals surface area (Å²) in [4.78, 5) is 2.53. The second-order valence-electron chi connectivity index (χ2n) is 5.76. The van der Waals surface area contributed by atoms with Gasteiger partial charge >= 0.3 is 0 Å². The van der Waals surface area contributed by atoms with Crippen molar-refractivity contribution in [2.24, 2.45) is 5.92 Å². The molecule has 2 aliphatic heterocycles. The zero-order valence-corrected chi connectivity index (χ0v) is 11.5. The lowest BCUT2D eigenvalue weighted by Crippen LogP contribution is -2.23. The van der Waals surface area contributed by atoms with Crippen LogP contribution in [0.5, 0.6) is 5.75 Å². The molecule has 0 amide bonds. The highest BCUT2D eigenvalue weighted by atomic mass is 16.5. The van der Waals surface area contributed by atoms with Crippen molar-refractivity contribution in [1.29, 1.82) is 0 Å². The van der Waals surface area contributed by atoms with Crippen molar-refractivity contribution in [3.63, 3.8) is 0 Å². The highest BCUT2D eigenvalue weighted by Gasteiger charge is 2.21. The molecule has 1 atom stereocenters. The van der Waals surface area contributed by atoms with Crippen LogP contribution in [0.1, 0.15) is 24.0 Å². The van der Waals surface area contributed by atoms with E-state index in [1.807, 2.05) is 0 Å². The summed E-state index contributed by atoms with van der Waals surface area (Å²) in [5.41, 5.74) is 2.80. The summed E-state index contributed by atoms with van der Waals surface area (Å²) in [7, 11) is 0. The van der Waals surface area contributed by atoms with Gasteiger partial charge in [-0.15, -0.1) is 0 Å². The number of rotatable bonds is 5. The molecule has 3 rings (SSSR count). The molecule has 2 heterocycles. The first-order valence-corrected chi connectivity index (χ1v) is 7.43. The summed E-state index contributed by atoms with van der Waals surface area (Å²) in [6, 6.07) is 6.63. The van der Waals surface area contributed by atoms with Gasteiger partial charge in [0.15, 0.2) is 0 Å². The molecule has 0 saturated carbocycles. The number of nitrogens with zero attached hydrogens (tertiary/aromatic N) is 1. The van der Waals surface area contributed by atoms with Crippen LogP contribution in [-0.2, 0) is 12.8 Å². The maximum absolute atomic E-state index is 8.98. The van der Waals surface area contributed by atoms with E-state index in [4.69, 9.17) is 9.84 Å². The lowest BCUT2D eigenvalue weighted by atomic mass is 10.1. The van der Waals surface area contributed by atoms with Crippen LogP contribution >= 0.6 is 0 Å². The standard InChI is InChI=1S/C16H23NO2/c18-9-5-14-4-8-17(12-14)7-3-13-1-2-16-15(11-13)6-10-19-16/h1-2,11,14,18H,3-10,12H2. The van der Waals surface area contributed by atoms with Crippen LogP contribution in [0.25, 0.3) is 0 Å². The summed E-state index contributed by atoms with van der Waals surface area (Å²) in [6.07, 6.45) is 4.40. The zero-order chi connectivity index (χ0) is 13.1. The third kappa shape index (κ3) is 3.10. The first-order chi connectivity index (χ1) is 9.35. The highest BCUT2D eigenvalue weighted by molar-refractivity contribution is 5.39. The number of hydrogen-bond donors (Lipinski definition) is 1. The average Bonchev–Trinajstić information content (AvgIpc) is 3.04. The number of benzene rings is 1. The fourth-order valence-corrected chi connectivity index (χ4v) is 3.22. The Bertz CT molecular complexity index is 433. The Morgan fingerprint density at radius 2 is 2.32 bits per heavy atom. The topological polar surface area (TPSA) is 32.7 Å². The number of hydrogen-bond acceptors (Lipinski definition) is 3. The third-order valence-corrected chi connectivity index (χ3v) is 4.38. The molecule has 0 aromatic heterocycles. The highest BCUT2D eigenvalue weighted by Crippen LogP contribution is 2.26. The Hall–Kier alpha value is -1.06. The van der Waals surface area contributed by atoms with E-state index in [0.29, 0.717) is 12.5 Å². The molecule has 3 heteroatoms. The Labute approximate surface area is 115 Å². The maximum Gasteiger partial charge on any atom is 0.122 e. The summed E-state index contributed by atoms with van der Waals surface area (Å²) in [6.45, 7) is 4.67. The van der Waals surface area contributed by atoms with Crippen molar-refractivity contribution in [2.75, 3.05) is 32.8 Å². The van der Waals surface area contributed by atoms with E-state index in [1.165, 1.54) is 24.1 Å².